The van der Waals surface area contributed by atoms with Crippen LogP contribution in [0.15, 0.2) is 36.4 Å². The number of rotatable bonds is 7. The Labute approximate surface area is 152 Å². The van der Waals surface area contributed by atoms with Crippen LogP contribution >= 0.6 is 0 Å². The molecule has 0 atom stereocenters. The Bertz CT molecular complexity index is 859. The van der Waals surface area contributed by atoms with E-state index in [1.165, 1.54) is 6.07 Å². The van der Waals surface area contributed by atoms with Crippen molar-refractivity contribution in [3.63, 3.8) is 0 Å². The third-order valence-electron chi connectivity index (χ3n) is 4.35. The summed E-state index contributed by atoms with van der Waals surface area (Å²) in [5.41, 5.74) is 3.68. The molecule has 0 saturated heterocycles. The van der Waals surface area contributed by atoms with E-state index in [-0.39, 0.29) is 30.2 Å². The van der Waals surface area contributed by atoms with Crippen LogP contribution in [0.4, 0.5) is 11.4 Å². The predicted molar refractivity (Wildman–Crippen MR) is 101 cm³/mol. The molecule has 6 nitrogen and oxygen atoms in total. The molecule has 0 aliphatic carbocycles. The van der Waals surface area contributed by atoms with E-state index < -0.39 is 4.92 Å². The van der Waals surface area contributed by atoms with Crippen molar-refractivity contribution in [1.82, 2.24) is 0 Å². The summed E-state index contributed by atoms with van der Waals surface area (Å²) in [7, 11) is 0. The fourth-order valence-corrected chi connectivity index (χ4v) is 2.62. The number of ketones is 1. The first-order valence-electron chi connectivity index (χ1n) is 8.49. The van der Waals surface area contributed by atoms with Gasteiger partial charge in [0.1, 0.15) is 0 Å². The summed E-state index contributed by atoms with van der Waals surface area (Å²) in [4.78, 5) is 34.9. The van der Waals surface area contributed by atoms with Crippen LogP contribution in [0.1, 0.15) is 46.8 Å². The van der Waals surface area contributed by atoms with Crippen molar-refractivity contribution in [2.24, 2.45) is 0 Å². The van der Waals surface area contributed by atoms with E-state index in [1.807, 2.05) is 32.9 Å². The Morgan fingerprint density at radius 2 is 1.77 bits per heavy atom. The van der Waals surface area contributed by atoms with Crippen molar-refractivity contribution >= 4 is 23.1 Å². The van der Waals surface area contributed by atoms with Crippen LogP contribution in [0.5, 0.6) is 0 Å². The number of aryl methyl sites for hydroxylation is 3. The van der Waals surface area contributed by atoms with Gasteiger partial charge in [-0.05, 0) is 43.5 Å². The van der Waals surface area contributed by atoms with Gasteiger partial charge in [-0.1, -0.05) is 25.1 Å². The number of carbonyl (C=O) groups excluding carboxylic acids is 2. The van der Waals surface area contributed by atoms with Gasteiger partial charge in [-0.3, -0.25) is 19.7 Å². The highest BCUT2D eigenvalue weighted by Gasteiger charge is 2.15. The van der Waals surface area contributed by atoms with Crippen molar-refractivity contribution in [1.29, 1.82) is 0 Å². The lowest BCUT2D eigenvalue weighted by atomic mass is 10.0. The molecule has 0 saturated carbocycles. The van der Waals surface area contributed by atoms with Crippen molar-refractivity contribution < 1.29 is 14.5 Å². The maximum Gasteiger partial charge on any atom is 0.274 e. The number of anilines is 1. The Balaban J connectivity index is 1.98. The van der Waals surface area contributed by atoms with Gasteiger partial charge in [0.25, 0.3) is 5.69 Å². The molecule has 0 unspecified atom stereocenters. The molecular weight excluding hydrogens is 332 g/mol. The van der Waals surface area contributed by atoms with Crippen molar-refractivity contribution in [3.05, 3.63) is 68.8 Å². The highest BCUT2D eigenvalue weighted by molar-refractivity contribution is 6.00. The maximum atomic E-state index is 12.2. The lowest BCUT2D eigenvalue weighted by Crippen LogP contribution is -2.14. The molecule has 26 heavy (non-hydrogen) atoms. The lowest BCUT2D eigenvalue weighted by Gasteiger charge is -2.07. The molecule has 0 aliphatic rings. The van der Waals surface area contributed by atoms with E-state index in [1.54, 1.807) is 18.2 Å². The van der Waals surface area contributed by atoms with Crippen LogP contribution in [0.2, 0.25) is 0 Å². The smallest absolute Gasteiger partial charge is 0.274 e. The minimum absolute atomic E-state index is 0.0171. The molecule has 136 valence electrons. The van der Waals surface area contributed by atoms with E-state index in [0.717, 1.165) is 11.1 Å². The Morgan fingerprint density at radius 1 is 1.04 bits per heavy atom. The number of carbonyl (C=O) groups is 2. The zero-order chi connectivity index (χ0) is 19.3. The molecule has 0 radical (unpaired) electrons. The molecule has 0 heterocycles. The summed E-state index contributed by atoms with van der Waals surface area (Å²) in [6.07, 6.45) is 0.646. The summed E-state index contributed by atoms with van der Waals surface area (Å²) in [6, 6.07) is 10.1. The van der Waals surface area contributed by atoms with E-state index in [9.17, 15) is 19.7 Å². The van der Waals surface area contributed by atoms with E-state index in [4.69, 9.17) is 0 Å². The first-order valence-corrected chi connectivity index (χ1v) is 8.49. The standard InChI is InChI=1S/C20H22N2O4/c1-4-15-7-8-17(12-18(15)22(25)26)21-20(24)10-9-19(23)16-6-5-13(2)14(3)11-16/h5-8,11-12H,4,9-10H2,1-3H3,(H,21,24). The summed E-state index contributed by atoms with van der Waals surface area (Å²) in [5, 5.41) is 13.7. The minimum atomic E-state index is -0.461. The Kier molecular flexibility index (Phi) is 6.22. The summed E-state index contributed by atoms with van der Waals surface area (Å²) in [5.74, 6) is -0.448. The topological polar surface area (TPSA) is 89.3 Å². The first-order chi connectivity index (χ1) is 12.3. The second-order valence-electron chi connectivity index (χ2n) is 6.22. The first kappa shape index (κ1) is 19.3. The molecule has 2 rings (SSSR count). The number of amides is 1. The second-order valence-corrected chi connectivity index (χ2v) is 6.22. The van der Waals surface area contributed by atoms with Gasteiger partial charge in [-0.15, -0.1) is 0 Å². The van der Waals surface area contributed by atoms with Gasteiger partial charge < -0.3 is 5.32 Å². The summed E-state index contributed by atoms with van der Waals surface area (Å²) >= 11 is 0. The molecule has 1 amide bonds. The molecule has 0 aliphatic heterocycles. The third-order valence-corrected chi connectivity index (χ3v) is 4.35. The normalized spacial score (nSPS) is 10.4. The average molecular weight is 354 g/mol. The average Bonchev–Trinajstić information content (AvgIpc) is 2.61. The van der Waals surface area contributed by atoms with Crippen molar-refractivity contribution in [2.45, 2.75) is 40.0 Å². The van der Waals surface area contributed by atoms with E-state index in [2.05, 4.69) is 5.32 Å². The second kappa shape index (κ2) is 8.38. The number of nitrogens with one attached hydrogen (secondary N) is 1. The molecule has 2 aromatic rings. The number of nitro benzene ring substituents is 1. The fourth-order valence-electron chi connectivity index (χ4n) is 2.62. The van der Waals surface area contributed by atoms with Gasteiger partial charge in [0.05, 0.1) is 4.92 Å². The van der Waals surface area contributed by atoms with Crippen molar-refractivity contribution in [2.75, 3.05) is 5.32 Å². The number of nitrogens with zero attached hydrogens (tertiary/aromatic N) is 1. The number of hydrogen-bond acceptors (Lipinski definition) is 4. The zero-order valence-corrected chi connectivity index (χ0v) is 15.2. The zero-order valence-electron chi connectivity index (χ0n) is 15.2. The predicted octanol–water partition coefficient (Wildman–Crippen LogP) is 4.38. The minimum Gasteiger partial charge on any atom is -0.326 e. The largest absolute Gasteiger partial charge is 0.326 e. The number of benzene rings is 2. The van der Waals surface area contributed by atoms with Crippen LogP contribution in [0.3, 0.4) is 0 Å². The quantitative estimate of drug-likeness (QED) is 0.454. The van der Waals surface area contributed by atoms with E-state index >= 15 is 0 Å². The van der Waals surface area contributed by atoms with Crippen LogP contribution in [-0.2, 0) is 11.2 Å². The molecule has 0 aromatic heterocycles. The van der Waals surface area contributed by atoms with Gasteiger partial charge >= 0.3 is 0 Å². The Hall–Kier alpha value is -3.02. The monoisotopic (exact) mass is 354 g/mol. The number of nitro groups is 1. The third kappa shape index (κ3) is 4.75. The number of hydrogen-bond donors (Lipinski definition) is 1. The van der Waals surface area contributed by atoms with Gasteiger partial charge in [0.15, 0.2) is 5.78 Å². The molecule has 1 N–H and O–H groups in total. The number of Topliss-reactive ketones (excluding diaryl/α,β-unsaturated/α-hetero) is 1. The van der Waals surface area contributed by atoms with Crippen LogP contribution in [0, 0.1) is 24.0 Å². The molecule has 0 spiro atoms. The lowest BCUT2D eigenvalue weighted by molar-refractivity contribution is -0.385. The Morgan fingerprint density at radius 3 is 2.38 bits per heavy atom. The van der Waals surface area contributed by atoms with Crippen LogP contribution < -0.4 is 5.32 Å². The highest BCUT2D eigenvalue weighted by Crippen LogP contribution is 2.24. The van der Waals surface area contributed by atoms with Gasteiger partial charge in [-0.2, -0.15) is 0 Å². The highest BCUT2D eigenvalue weighted by atomic mass is 16.6. The maximum absolute atomic E-state index is 12.2. The SMILES string of the molecule is CCc1ccc(NC(=O)CCC(=O)c2ccc(C)c(C)c2)cc1[N+](=O)[O-]. The van der Waals surface area contributed by atoms with E-state index in [0.29, 0.717) is 23.2 Å². The summed E-state index contributed by atoms with van der Waals surface area (Å²) in [6.45, 7) is 5.74. The molecule has 2 aromatic carbocycles. The van der Waals surface area contributed by atoms with Gasteiger partial charge in [-0.25, -0.2) is 0 Å². The van der Waals surface area contributed by atoms with Crippen LogP contribution in [-0.4, -0.2) is 16.6 Å². The molecule has 0 fully saturated rings. The van der Waals surface area contributed by atoms with Crippen LogP contribution in [0.25, 0.3) is 0 Å². The van der Waals surface area contributed by atoms with Crippen molar-refractivity contribution in [3.8, 4) is 0 Å². The molecule has 6 heteroatoms. The van der Waals surface area contributed by atoms with Gasteiger partial charge in [0.2, 0.25) is 5.91 Å². The fraction of sp³-hybridized carbons (Fsp3) is 0.300. The molecule has 0 bridgehead atoms. The molecular formula is C20H22N2O4. The summed E-state index contributed by atoms with van der Waals surface area (Å²) < 4.78 is 0. The van der Waals surface area contributed by atoms with Gasteiger partial charge in [0, 0.05) is 35.7 Å².